The van der Waals surface area contributed by atoms with Crippen LogP contribution in [-0.2, 0) is 6.54 Å². The second kappa shape index (κ2) is 7.47. The number of anilines is 2. The van der Waals surface area contributed by atoms with E-state index >= 15 is 0 Å². The molecule has 23 heavy (non-hydrogen) atoms. The lowest BCUT2D eigenvalue weighted by Gasteiger charge is -2.35. The number of benzene rings is 2. The van der Waals surface area contributed by atoms with Gasteiger partial charge in [0.25, 0.3) is 0 Å². The van der Waals surface area contributed by atoms with Gasteiger partial charge < -0.3 is 15.1 Å². The number of halogens is 1. The Balaban J connectivity index is 1.55. The maximum Gasteiger partial charge on any atom is 0.123 e. The third-order valence-corrected chi connectivity index (χ3v) is 4.44. The first kappa shape index (κ1) is 15.8. The Morgan fingerprint density at radius 2 is 1.74 bits per heavy atom. The van der Waals surface area contributed by atoms with Gasteiger partial charge in [0.2, 0.25) is 0 Å². The number of nitrogens with zero attached hydrogens (tertiary/aromatic N) is 2. The average Bonchev–Trinajstić information content (AvgIpc) is 2.61. The van der Waals surface area contributed by atoms with Crippen LogP contribution in [-0.4, -0.2) is 37.6 Å². The minimum Gasteiger partial charge on any atom is -0.381 e. The summed E-state index contributed by atoms with van der Waals surface area (Å²) >= 11 is 0. The van der Waals surface area contributed by atoms with Crippen molar-refractivity contribution in [2.24, 2.45) is 0 Å². The molecular weight excluding hydrogens is 289 g/mol. The Labute approximate surface area is 137 Å². The topological polar surface area (TPSA) is 18.5 Å². The third kappa shape index (κ3) is 4.23. The molecule has 0 unspecified atom stereocenters. The van der Waals surface area contributed by atoms with E-state index in [1.54, 1.807) is 12.1 Å². The molecule has 3 nitrogen and oxygen atoms in total. The van der Waals surface area contributed by atoms with Crippen LogP contribution in [0.5, 0.6) is 0 Å². The third-order valence-electron chi connectivity index (χ3n) is 4.44. The van der Waals surface area contributed by atoms with Gasteiger partial charge in [0.15, 0.2) is 0 Å². The van der Waals surface area contributed by atoms with Gasteiger partial charge in [-0.2, -0.15) is 0 Å². The number of hydrogen-bond donors (Lipinski definition) is 1. The van der Waals surface area contributed by atoms with Gasteiger partial charge in [-0.05, 0) is 48.5 Å². The van der Waals surface area contributed by atoms with Gasteiger partial charge in [-0.1, -0.05) is 19.1 Å². The molecule has 4 heteroatoms. The predicted molar refractivity (Wildman–Crippen MR) is 94.5 cm³/mol. The zero-order valence-corrected chi connectivity index (χ0v) is 13.6. The van der Waals surface area contributed by atoms with Crippen molar-refractivity contribution in [2.75, 3.05) is 42.9 Å². The molecule has 0 amide bonds. The van der Waals surface area contributed by atoms with Crippen LogP contribution in [0.4, 0.5) is 15.8 Å². The van der Waals surface area contributed by atoms with Crippen LogP contribution in [0.15, 0.2) is 48.5 Å². The van der Waals surface area contributed by atoms with Gasteiger partial charge in [0, 0.05) is 44.1 Å². The molecule has 0 aromatic heterocycles. The van der Waals surface area contributed by atoms with E-state index in [1.807, 2.05) is 6.07 Å². The summed E-state index contributed by atoms with van der Waals surface area (Å²) in [6.45, 7) is 8.43. The van der Waals surface area contributed by atoms with Crippen molar-refractivity contribution >= 4 is 11.4 Å². The minimum absolute atomic E-state index is 0.189. The zero-order valence-electron chi connectivity index (χ0n) is 13.6. The molecule has 1 fully saturated rings. The first-order valence-electron chi connectivity index (χ1n) is 8.30. The van der Waals surface area contributed by atoms with E-state index in [-0.39, 0.29) is 5.82 Å². The molecule has 0 bridgehead atoms. The van der Waals surface area contributed by atoms with Crippen LogP contribution >= 0.6 is 0 Å². The highest BCUT2D eigenvalue weighted by Crippen LogP contribution is 2.20. The molecule has 1 aliphatic heterocycles. The van der Waals surface area contributed by atoms with Gasteiger partial charge in [-0.3, -0.25) is 0 Å². The molecule has 0 radical (unpaired) electrons. The normalized spacial score (nSPS) is 15.7. The Hall–Kier alpha value is -2.07. The number of hydrogen-bond acceptors (Lipinski definition) is 3. The number of likely N-dealkylation sites (N-methyl/N-ethyl adjacent to an activating group) is 1. The van der Waals surface area contributed by atoms with Gasteiger partial charge >= 0.3 is 0 Å². The summed E-state index contributed by atoms with van der Waals surface area (Å²) < 4.78 is 13.2. The summed E-state index contributed by atoms with van der Waals surface area (Å²) in [4.78, 5) is 4.91. The fourth-order valence-electron chi connectivity index (χ4n) is 2.96. The van der Waals surface area contributed by atoms with E-state index in [4.69, 9.17) is 0 Å². The molecule has 0 spiro atoms. The van der Waals surface area contributed by atoms with Gasteiger partial charge in [-0.25, -0.2) is 4.39 Å². The van der Waals surface area contributed by atoms with Crippen molar-refractivity contribution in [1.82, 2.24) is 4.90 Å². The highest BCUT2D eigenvalue weighted by molar-refractivity contribution is 5.55. The molecular formula is C19H24FN3. The van der Waals surface area contributed by atoms with Gasteiger partial charge in [-0.15, -0.1) is 0 Å². The molecule has 1 heterocycles. The largest absolute Gasteiger partial charge is 0.381 e. The van der Waals surface area contributed by atoms with Gasteiger partial charge in [0.1, 0.15) is 5.82 Å². The Bertz CT molecular complexity index is 619. The summed E-state index contributed by atoms with van der Waals surface area (Å²) in [7, 11) is 0. The van der Waals surface area contributed by atoms with Crippen molar-refractivity contribution < 1.29 is 4.39 Å². The SMILES string of the molecule is CCN1CCN(c2ccc(NCc3cccc(F)c3)cc2)CC1. The number of nitrogens with one attached hydrogen (secondary N) is 1. The molecule has 0 atom stereocenters. The molecule has 1 aliphatic rings. The highest BCUT2D eigenvalue weighted by atomic mass is 19.1. The van der Waals surface area contributed by atoms with E-state index in [0.717, 1.165) is 44.0 Å². The fraction of sp³-hybridized carbons (Fsp3) is 0.368. The number of rotatable bonds is 5. The van der Waals surface area contributed by atoms with Crippen LogP contribution in [0.2, 0.25) is 0 Å². The standard InChI is InChI=1S/C19H24FN3/c1-2-22-10-12-23(13-11-22)19-8-6-18(7-9-19)21-15-16-4-3-5-17(20)14-16/h3-9,14,21H,2,10-13,15H2,1H3. The molecule has 0 aliphatic carbocycles. The number of piperazine rings is 1. The van der Waals surface area contributed by atoms with E-state index < -0.39 is 0 Å². The fourth-order valence-corrected chi connectivity index (χ4v) is 2.96. The maximum absolute atomic E-state index is 13.2. The monoisotopic (exact) mass is 313 g/mol. The minimum atomic E-state index is -0.189. The lowest BCUT2D eigenvalue weighted by Crippen LogP contribution is -2.46. The lowest BCUT2D eigenvalue weighted by atomic mass is 10.2. The van der Waals surface area contributed by atoms with E-state index in [0.29, 0.717) is 6.54 Å². The molecule has 122 valence electrons. The van der Waals surface area contributed by atoms with Crippen LogP contribution in [0, 0.1) is 5.82 Å². The summed E-state index contributed by atoms with van der Waals surface area (Å²) in [6, 6.07) is 15.2. The average molecular weight is 313 g/mol. The van der Waals surface area contributed by atoms with Crippen LogP contribution in [0.3, 0.4) is 0 Å². The van der Waals surface area contributed by atoms with Crippen molar-refractivity contribution in [1.29, 1.82) is 0 Å². The predicted octanol–water partition coefficient (Wildman–Crippen LogP) is 3.58. The highest BCUT2D eigenvalue weighted by Gasteiger charge is 2.15. The summed E-state index contributed by atoms with van der Waals surface area (Å²) in [5.74, 6) is -0.189. The van der Waals surface area contributed by atoms with Gasteiger partial charge in [0.05, 0.1) is 0 Å². The molecule has 2 aromatic carbocycles. The maximum atomic E-state index is 13.2. The van der Waals surface area contributed by atoms with Crippen molar-refractivity contribution in [3.05, 3.63) is 59.9 Å². The van der Waals surface area contributed by atoms with Crippen LogP contribution in [0.1, 0.15) is 12.5 Å². The van der Waals surface area contributed by atoms with Crippen molar-refractivity contribution in [3.63, 3.8) is 0 Å². The zero-order chi connectivity index (χ0) is 16.1. The molecule has 1 N–H and O–H groups in total. The Morgan fingerprint density at radius 1 is 1.00 bits per heavy atom. The Morgan fingerprint density at radius 3 is 2.39 bits per heavy atom. The quantitative estimate of drug-likeness (QED) is 0.910. The molecule has 0 saturated carbocycles. The second-order valence-electron chi connectivity index (χ2n) is 5.95. The molecule has 3 rings (SSSR count). The van der Waals surface area contributed by atoms with Crippen LogP contribution < -0.4 is 10.2 Å². The van der Waals surface area contributed by atoms with E-state index in [1.165, 1.54) is 11.8 Å². The summed E-state index contributed by atoms with van der Waals surface area (Å²) in [5.41, 5.74) is 3.28. The van der Waals surface area contributed by atoms with Crippen molar-refractivity contribution in [3.8, 4) is 0 Å². The van der Waals surface area contributed by atoms with Crippen molar-refractivity contribution in [2.45, 2.75) is 13.5 Å². The Kier molecular flexibility index (Phi) is 5.13. The summed E-state index contributed by atoms with van der Waals surface area (Å²) in [5, 5.41) is 3.34. The lowest BCUT2D eigenvalue weighted by molar-refractivity contribution is 0.271. The first-order chi connectivity index (χ1) is 11.2. The second-order valence-corrected chi connectivity index (χ2v) is 5.95. The van der Waals surface area contributed by atoms with Crippen LogP contribution in [0.25, 0.3) is 0 Å². The molecule has 2 aromatic rings. The molecule has 1 saturated heterocycles. The summed E-state index contributed by atoms with van der Waals surface area (Å²) in [6.07, 6.45) is 0. The first-order valence-corrected chi connectivity index (χ1v) is 8.30. The van der Waals surface area contributed by atoms with E-state index in [9.17, 15) is 4.39 Å². The smallest absolute Gasteiger partial charge is 0.123 e. The van der Waals surface area contributed by atoms with E-state index in [2.05, 4.69) is 46.3 Å².